The Balaban J connectivity index is 2.69. The average molecular weight is 400 g/mol. The Hall–Kier alpha value is -2.60. The number of imidazole rings is 1. The van der Waals surface area contributed by atoms with Gasteiger partial charge in [0.05, 0.1) is 19.4 Å². The molecule has 3 amide bonds. The largest absolute Gasteiger partial charge is 0.480 e. The minimum Gasteiger partial charge on any atom is -0.480 e. The van der Waals surface area contributed by atoms with Crippen LogP contribution in [0.2, 0.25) is 0 Å². The number of nitrogens with one attached hydrogen (secondary N) is 4. The number of aliphatic carboxylic acids is 1. The molecular formula is C15H24N6O5S. The van der Waals surface area contributed by atoms with Gasteiger partial charge in [0.2, 0.25) is 17.7 Å². The second-order valence-corrected chi connectivity index (χ2v) is 6.55. The van der Waals surface area contributed by atoms with E-state index < -0.39 is 35.8 Å². The highest BCUT2D eigenvalue weighted by atomic mass is 32.2. The van der Waals surface area contributed by atoms with Gasteiger partial charge in [0.25, 0.3) is 0 Å². The summed E-state index contributed by atoms with van der Waals surface area (Å²) in [7, 11) is 0. The molecule has 2 unspecified atom stereocenters. The van der Waals surface area contributed by atoms with E-state index in [1.807, 2.05) is 6.26 Å². The molecule has 0 saturated carbocycles. The lowest BCUT2D eigenvalue weighted by Gasteiger charge is -2.21. The third-order valence-corrected chi connectivity index (χ3v) is 4.13. The number of nitrogens with two attached hydrogens (primary N) is 1. The summed E-state index contributed by atoms with van der Waals surface area (Å²) in [5.41, 5.74) is 5.69. The maximum Gasteiger partial charge on any atom is 0.326 e. The number of H-pyrrole nitrogens is 1. The predicted octanol–water partition coefficient (Wildman–Crippen LogP) is -2.17. The third-order valence-electron chi connectivity index (χ3n) is 3.49. The first-order valence-corrected chi connectivity index (χ1v) is 9.52. The molecule has 2 atom stereocenters. The van der Waals surface area contributed by atoms with Crippen molar-refractivity contribution in [1.82, 2.24) is 25.9 Å². The summed E-state index contributed by atoms with van der Waals surface area (Å²) >= 11 is 1.48. The van der Waals surface area contributed by atoms with Crippen molar-refractivity contribution >= 4 is 35.5 Å². The zero-order chi connectivity index (χ0) is 20.2. The van der Waals surface area contributed by atoms with Crippen molar-refractivity contribution in [3.8, 4) is 0 Å². The molecule has 0 aliphatic carbocycles. The quantitative estimate of drug-likeness (QED) is 0.229. The number of carbonyl (C=O) groups excluding carboxylic acids is 3. The highest BCUT2D eigenvalue weighted by molar-refractivity contribution is 7.98. The molecule has 0 aliphatic rings. The standard InChI is InChI=1S/C15H24N6O5S/c1-27-3-2-10(20-13(23)7-18-12(22)5-16)14(24)21-11(15(25)26)4-9-6-17-8-19-9/h6,8,10-11H,2-5,7,16H2,1H3,(H,17,19)(H,18,22)(H,20,23)(H,21,24)(H,25,26). The normalized spacial score (nSPS) is 12.7. The van der Waals surface area contributed by atoms with Crippen LogP contribution >= 0.6 is 11.8 Å². The van der Waals surface area contributed by atoms with Crippen molar-refractivity contribution in [2.24, 2.45) is 5.73 Å². The number of rotatable bonds is 12. The van der Waals surface area contributed by atoms with Gasteiger partial charge in [-0.3, -0.25) is 14.4 Å². The Labute approximate surface area is 160 Å². The number of carboxylic acid groups (broad SMARTS) is 1. The number of thioether (sulfide) groups is 1. The lowest BCUT2D eigenvalue weighted by molar-refractivity contribution is -0.142. The van der Waals surface area contributed by atoms with E-state index >= 15 is 0 Å². The molecule has 0 radical (unpaired) electrons. The number of amides is 3. The molecule has 1 heterocycles. The molecule has 1 rings (SSSR count). The first-order valence-electron chi connectivity index (χ1n) is 8.12. The Morgan fingerprint density at radius 1 is 1.26 bits per heavy atom. The minimum absolute atomic E-state index is 0.0246. The van der Waals surface area contributed by atoms with E-state index in [0.717, 1.165) is 0 Å². The van der Waals surface area contributed by atoms with Crippen LogP contribution in [0.15, 0.2) is 12.5 Å². The number of hydrogen-bond acceptors (Lipinski definition) is 7. The van der Waals surface area contributed by atoms with E-state index in [0.29, 0.717) is 17.9 Å². The summed E-state index contributed by atoms with van der Waals surface area (Å²) in [5.74, 6) is -2.32. The highest BCUT2D eigenvalue weighted by Gasteiger charge is 2.26. The summed E-state index contributed by atoms with van der Waals surface area (Å²) in [6.07, 6.45) is 5.05. The first-order chi connectivity index (χ1) is 12.9. The van der Waals surface area contributed by atoms with Gasteiger partial charge in [-0.2, -0.15) is 11.8 Å². The summed E-state index contributed by atoms with van der Waals surface area (Å²) < 4.78 is 0. The average Bonchev–Trinajstić information content (AvgIpc) is 3.15. The molecule has 0 bridgehead atoms. The van der Waals surface area contributed by atoms with E-state index in [-0.39, 0.29) is 19.5 Å². The zero-order valence-corrected chi connectivity index (χ0v) is 15.7. The Bertz CT molecular complexity index is 639. The molecule has 0 aliphatic heterocycles. The van der Waals surface area contributed by atoms with Crippen LogP contribution < -0.4 is 21.7 Å². The monoisotopic (exact) mass is 400 g/mol. The molecule has 0 saturated heterocycles. The topological polar surface area (TPSA) is 179 Å². The van der Waals surface area contributed by atoms with Gasteiger partial charge in [0.1, 0.15) is 12.1 Å². The van der Waals surface area contributed by atoms with Crippen LogP contribution in [-0.4, -0.2) is 75.9 Å². The van der Waals surface area contributed by atoms with Gasteiger partial charge in [-0.1, -0.05) is 0 Å². The Morgan fingerprint density at radius 3 is 2.56 bits per heavy atom. The molecule has 27 heavy (non-hydrogen) atoms. The number of nitrogens with zero attached hydrogens (tertiary/aromatic N) is 1. The predicted molar refractivity (Wildman–Crippen MR) is 98.9 cm³/mol. The van der Waals surface area contributed by atoms with Crippen molar-refractivity contribution in [2.45, 2.75) is 24.9 Å². The van der Waals surface area contributed by atoms with Crippen LogP contribution in [-0.2, 0) is 25.6 Å². The van der Waals surface area contributed by atoms with Crippen molar-refractivity contribution < 1.29 is 24.3 Å². The molecule has 1 aromatic heterocycles. The van der Waals surface area contributed by atoms with E-state index in [1.165, 1.54) is 24.3 Å². The van der Waals surface area contributed by atoms with Gasteiger partial charge < -0.3 is 31.8 Å². The van der Waals surface area contributed by atoms with Gasteiger partial charge in [-0.05, 0) is 18.4 Å². The Kier molecular flexibility index (Phi) is 9.90. The maximum absolute atomic E-state index is 12.5. The minimum atomic E-state index is -1.21. The second kappa shape index (κ2) is 11.9. The number of aromatic nitrogens is 2. The number of carbonyl (C=O) groups is 4. The van der Waals surface area contributed by atoms with Crippen LogP contribution in [0.5, 0.6) is 0 Å². The van der Waals surface area contributed by atoms with Gasteiger partial charge >= 0.3 is 5.97 Å². The molecule has 150 valence electrons. The smallest absolute Gasteiger partial charge is 0.326 e. The van der Waals surface area contributed by atoms with Crippen molar-refractivity contribution in [3.63, 3.8) is 0 Å². The number of carboxylic acids is 1. The van der Waals surface area contributed by atoms with Crippen LogP contribution in [0.3, 0.4) is 0 Å². The first kappa shape index (κ1) is 22.4. The van der Waals surface area contributed by atoms with Crippen molar-refractivity contribution in [3.05, 3.63) is 18.2 Å². The van der Waals surface area contributed by atoms with Crippen LogP contribution in [0.4, 0.5) is 0 Å². The zero-order valence-electron chi connectivity index (χ0n) is 14.9. The van der Waals surface area contributed by atoms with Crippen LogP contribution in [0, 0.1) is 0 Å². The molecule has 12 heteroatoms. The lowest BCUT2D eigenvalue weighted by Crippen LogP contribution is -2.54. The summed E-state index contributed by atoms with van der Waals surface area (Å²) in [5, 5.41) is 16.6. The summed E-state index contributed by atoms with van der Waals surface area (Å²) in [6, 6.07) is -2.10. The van der Waals surface area contributed by atoms with Crippen LogP contribution in [0.25, 0.3) is 0 Å². The number of hydrogen-bond donors (Lipinski definition) is 6. The molecule has 7 N–H and O–H groups in total. The molecule has 11 nitrogen and oxygen atoms in total. The molecule has 1 aromatic rings. The van der Waals surface area contributed by atoms with Crippen LogP contribution in [0.1, 0.15) is 12.1 Å². The fourth-order valence-corrected chi connectivity index (χ4v) is 2.56. The summed E-state index contributed by atoms with van der Waals surface area (Å²) in [6.45, 7) is -0.576. The molecule has 0 aromatic carbocycles. The summed E-state index contributed by atoms with van der Waals surface area (Å²) in [4.78, 5) is 53.5. The van der Waals surface area contributed by atoms with Crippen molar-refractivity contribution in [1.29, 1.82) is 0 Å². The van der Waals surface area contributed by atoms with Crippen molar-refractivity contribution in [2.75, 3.05) is 25.1 Å². The highest BCUT2D eigenvalue weighted by Crippen LogP contribution is 2.04. The Morgan fingerprint density at radius 2 is 2.00 bits per heavy atom. The van der Waals surface area contributed by atoms with E-state index in [9.17, 15) is 24.3 Å². The SMILES string of the molecule is CSCCC(NC(=O)CNC(=O)CN)C(=O)NC(Cc1cnc[nH]1)C(=O)O. The van der Waals surface area contributed by atoms with Gasteiger partial charge in [-0.15, -0.1) is 0 Å². The third kappa shape index (κ3) is 8.55. The molecule has 0 fully saturated rings. The number of aromatic amines is 1. The second-order valence-electron chi connectivity index (χ2n) is 5.56. The van der Waals surface area contributed by atoms with E-state index in [4.69, 9.17) is 5.73 Å². The molecule has 0 spiro atoms. The van der Waals surface area contributed by atoms with E-state index in [1.54, 1.807) is 0 Å². The van der Waals surface area contributed by atoms with Gasteiger partial charge in [0, 0.05) is 18.3 Å². The molecular weight excluding hydrogens is 376 g/mol. The maximum atomic E-state index is 12.5. The van der Waals surface area contributed by atoms with Gasteiger partial charge in [-0.25, -0.2) is 9.78 Å². The lowest BCUT2D eigenvalue weighted by atomic mass is 10.1. The van der Waals surface area contributed by atoms with E-state index in [2.05, 4.69) is 25.9 Å². The fraction of sp³-hybridized carbons (Fsp3) is 0.533. The van der Waals surface area contributed by atoms with Gasteiger partial charge in [0.15, 0.2) is 0 Å². The fourth-order valence-electron chi connectivity index (χ4n) is 2.09.